The van der Waals surface area contributed by atoms with Crippen molar-refractivity contribution in [3.63, 3.8) is 0 Å². The Kier molecular flexibility index (Phi) is 6.25. The second-order valence-corrected chi connectivity index (χ2v) is 8.28. The van der Waals surface area contributed by atoms with E-state index in [0.29, 0.717) is 31.0 Å². The second-order valence-electron chi connectivity index (χ2n) is 7.84. The van der Waals surface area contributed by atoms with Gasteiger partial charge in [-0.2, -0.15) is 0 Å². The number of para-hydroxylation sites is 2. The Bertz CT molecular complexity index is 1050. The maximum absolute atomic E-state index is 12.4. The van der Waals surface area contributed by atoms with Gasteiger partial charge in [0, 0.05) is 56.7 Å². The van der Waals surface area contributed by atoms with Crippen molar-refractivity contribution in [1.82, 2.24) is 19.8 Å². The van der Waals surface area contributed by atoms with E-state index >= 15 is 0 Å². The zero-order chi connectivity index (χ0) is 21.1. The number of halogens is 1. The number of aryl methyl sites for hydroxylation is 1. The highest BCUT2D eigenvalue weighted by Gasteiger charge is 2.20. The smallest absolute Gasteiger partial charge is 0.221 e. The van der Waals surface area contributed by atoms with Crippen molar-refractivity contribution in [2.75, 3.05) is 19.6 Å². The topological polar surface area (TPSA) is 59.4 Å². The minimum atomic E-state index is 0.0536. The first-order valence-corrected chi connectivity index (χ1v) is 10.7. The Balaban J connectivity index is 1.27. The van der Waals surface area contributed by atoms with Crippen molar-refractivity contribution < 1.29 is 9.53 Å². The first-order chi connectivity index (χ1) is 14.5. The Labute approximate surface area is 181 Å². The second kappa shape index (κ2) is 9.06. The number of nitrogens with one attached hydrogen (secondary N) is 1. The van der Waals surface area contributed by atoms with Gasteiger partial charge in [-0.1, -0.05) is 23.7 Å². The number of rotatable bonds is 6. The maximum atomic E-state index is 12.4. The Hall–Kier alpha value is -2.57. The number of amides is 1. The molecular formula is C23H27ClN4O2. The zero-order valence-electron chi connectivity index (χ0n) is 17.4. The van der Waals surface area contributed by atoms with Gasteiger partial charge in [0.2, 0.25) is 5.91 Å². The fraction of sp³-hybridized carbons (Fsp3) is 0.391. The number of nitrogens with zero attached hydrogens (tertiary/aromatic N) is 3. The molecule has 0 bridgehead atoms. The van der Waals surface area contributed by atoms with Gasteiger partial charge in [-0.15, -0.1) is 0 Å². The first-order valence-electron chi connectivity index (χ1n) is 10.3. The van der Waals surface area contributed by atoms with Crippen molar-refractivity contribution in [2.45, 2.75) is 32.4 Å². The van der Waals surface area contributed by atoms with Crippen LogP contribution in [0.4, 0.5) is 0 Å². The van der Waals surface area contributed by atoms with E-state index in [9.17, 15) is 4.79 Å². The summed E-state index contributed by atoms with van der Waals surface area (Å²) in [4.78, 5) is 19.3. The molecule has 1 aromatic heterocycles. The van der Waals surface area contributed by atoms with Crippen LogP contribution in [0.25, 0.3) is 11.0 Å². The van der Waals surface area contributed by atoms with Gasteiger partial charge >= 0.3 is 0 Å². The number of carbonyl (C=O) groups is 1. The molecule has 7 heteroatoms. The molecule has 3 aromatic rings. The number of ether oxygens (including phenoxy) is 1. The lowest BCUT2D eigenvalue weighted by molar-refractivity contribution is -0.121. The van der Waals surface area contributed by atoms with Gasteiger partial charge in [0.25, 0.3) is 0 Å². The number of carbonyl (C=O) groups excluding carboxylic acids is 1. The predicted octanol–water partition coefficient (Wildman–Crippen LogP) is 3.56. The summed E-state index contributed by atoms with van der Waals surface area (Å²) in [5, 5.41) is 3.73. The van der Waals surface area contributed by atoms with Crippen LogP contribution in [0, 0.1) is 0 Å². The average molecular weight is 427 g/mol. The summed E-state index contributed by atoms with van der Waals surface area (Å²) >= 11 is 6.14. The normalized spacial score (nSPS) is 16.7. The number of fused-ring (bicyclic) bond motifs is 2. The highest BCUT2D eigenvalue weighted by molar-refractivity contribution is 6.30. The van der Waals surface area contributed by atoms with Crippen LogP contribution in [0.15, 0.2) is 42.5 Å². The first kappa shape index (κ1) is 20.7. The summed E-state index contributed by atoms with van der Waals surface area (Å²) < 4.78 is 8.07. The standard InChI is InChI=1S/C23H27ClN4O2/c1-16-14-28(15-17-13-18(24)7-8-21(17)30-16)12-10-23(29)25-11-9-22-26-19-5-3-4-6-20(19)27(22)2/h3-8,13,16H,9-12,14-15H2,1-2H3,(H,25,29)/t16-/m0/s1. The van der Waals surface area contributed by atoms with Crippen LogP contribution in [0.2, 0.25) is 5.02 Å². The minimum absolute atomic E-state index is 0.0536. The molecule has 0 saturated heterocycles. The van der Waals surface area contributed by atoms with Gasteiger partial charge < -0.3 is 14.6 Å². The van der Waals surface area contributed by atoms with E-state index in [-0.39, 0.29) is 12.0 Å². The zero-order valence-corrected chi connectivity index (χ0v) is 18.2. The molecule has 1 N–H and O–H groups in total. The molecule has 6 nitrogen and oxygen atoms in total. The molecule has 1 aliphatic rings. The van der Waals surface area contributed by atoms with E-state index in [1.165, 1.54) is 0 Å². The Morgan fingerprint density at radius 1 is 1.30 bits per heavy atom. The number of hydrogen-bond acceptors (Lipinski definition) is 4. The van der Waals surface area contributed by atoms with Crippen LogP contribution in [0.1, 0.15) is 24.7 Å². The molecule has 158 valence electrons. The van der Waals surface area contributed by atoms with Crippen molar-refractivity contribution >= 4 is 28.5 Å². The van der Waals surface area contributed by atoms with Gasteiger partial charge in [0.1, 0.15) is 17.7 Å². The fourth-order valence-electron chi connectivity index (χ4n) is 3.96. The number of imidazole rings is 1. The van der Waals surface area contributed by atoms with E-state index < -0.39 is 0 Å². The summed E-state index contributed by atoms with van der Waals surface area (Å²) in [5.41, 5.74) is 3.16. The van der Waals surface area contributed by atoms with Crippen LogP contribution in [0.5, 0.6) is 5.75 Å². The third-order valence-corrected chi connectivity index (χ3v) is 5.70. The van der Waals surface area contributed by atoms with Gasteiger partial charge in [-0.05, 0) is 37.3 Å². The third-order valence-electron chi connectivity index (χ3n) is 5.47. The van der Waals surface area contributed by atoms with Gasteiger partial charge in [-0.3, -0.25) is 9.69 Å². The van der Waals surface area contributed by atoms with Crippen molar-refractivity contribution in [2.24, 2.45) is 7.05 Å². The molecule has 4 rings (SSSR count). The summed E-state index contributed by atoms with van der Waals surface area (Å²) in [7, 11) is 2.01. The monoisotopic (exact) mass is 426 g/mol. The van der Waals surface area contributed by atoms with Crippen LogP contribution in [-0.2, 0) is 24.8 Å². The molecule has 1 atom stereocenters. The molecule has 2 aromatic carbocycles. The van der Waals surface area contributed by atoms with E-state index in [1.54, 1.807) is 0 Å². The highest BCUT2D eigenvalue weighted by atomic mass is 35.5. The number of hydrogen-bond donors (Lipinski definition) is 1. The van der Waals surface area contributed by atoms with Gasteiger partial charge in [-0.25, -0.2) is 4.98 Å². The summed E-state index contributed by atoms with van der Waals surface area (Å²) in [6.07, 6.45) is 1.22. The maximum Gasteiger partial charge on any atom is 0.221 e. The number of benzene rings is 2. The molecule has 2 heterocycles. The molecule has 0 radical (unpaired) electrons. The summed E-state index contributed by atoms with van der Waals surface area (Å²) in [6, 6.07) is 13.8. The lowest BCUT2D eigenvalue weighted by Crippen LogP contribution is -2.35. The van der Waals surface area contributed by atoms with Gasteiger partial charge in [0.15, 0.2) is 0 Å². The van der Waals surface area contributed by atoms with Crippen molar-refractivity contribution in [3.05, 3.63) is 58.9 Å². The fourth-order valence-corrected chi connectivity index (χ4v) is 4.16. The average Bonchev–Trinajstić information content (AvgIpc) is 2.94. The minimum Gasteiger partial charge on any atom is -0.489 e. The molecule has 0 spiro atoms. The SMILES string of the molecule is C[C@H]1CN(CCC(=O)NCCc2nc3ccccc3n2C)Cc2cc(Cl)ccc2O1. The van der Waals surface area contributed by atoms with Crippen LogP contribution in [-0.4, -0.2) is 46.1 Å². The van der Waals surface area contributed by atoms with Crippen LogP contribution in [0.3, 0.4) is 0 Å². The van der Waals surface area contributed by atoms with E-state index in [2.05, 4.69) is 25.8 Å². The van der Waals surface area contributed by atoms with E-state index in [0.717, 1.165) is 41.3 Å². The molecule has 1 amide bonds. The lowest BCUT2D eigenvalue weighted by atomic mass is 10.2. The quantitative estimate of drug-likeness (QED) is 0.654. The lowest BCUT2D eigenvalue weighted by Gasteiger charge is -2.21. The highest BCUT2D eigenvalue weighted by Crippen LogP contribution is 2.28. The molecular weight excluding hydrogens is 400 g/mol. The molecule has 0 unspecified atom stereocenters. The molecule has 0 fully saturated rings. The van der Waals surface area contributed by atoms with E-state index in [4.69, 9.17) is 16.3 Å². The number of aromatic nitrogens is 2. The van der Waals surface area contributed by atoms with Crippen molar-refractivity contribution in [3.8, 4) is 5.75 Å². The van der Waals surface area contributed by atoms with E-state index in [1.807, 2.05) is 50.4 Å². The Morgan fingerprint density at radius 2 is 2.13 bits per heavy atom. The molecule has 1 aliphatic heterocycles. The van der Waals surface area contributed by atoms with Gasteiger partial charge in [0.05, 0.1) is 11.0 Å². The van der Waals surface area contributed by atoms with Crippen LogP contribution >= 0.6 is 11.6 Å². The molecule has 30 heavy (non-hydrogen) atoms. The summed E-state index contributed by atoms with van der Waals surface area (Å²) in [5.74, 6) is 1.91. The predicted molar refractivity (Wildman–Crippen MR) is 119 cm³/mol. The van der Waals surface area contributed by atoms with Crippen LogP contribution < -0.4 is 10.1 Å². The largest absolute Gasteiger partial charge is 0.489 e. The Morgan fingerprint density at radius 3 is 2.97 bits per heavy atom. The molecule has 0 aliphatic carbocycles. The summed E-state index contributed by atoms with van der Waals surface area (Å²) in [6.45, 7) is 4.81. The van der Waals surface area contributed by atoms with Crippen molar-refractivity contribution in [1.29, 1.82) is 0 Å². The molecule has 0 saturated carbocycles. The third kappa shape index (κ3) is 4.77.